The number of rotatable bonds is 6. The normalized spacial score (nSPS) is 12.6. The molecule has 1 heterocycles. The molecule has 0 spiro atoms. The van der Waals surface area contributed by atoms with Gasteiger partial charge in [0.15, 0.2) is 0 Å². The van der Waals surface area contributed by atoms with Crippen LogP contribution in [-0.4, -0.2) is 11.5 Å². The Kier molecular flexibility index (Phi) is 5.48. The van der Waals surface area contributed by atoms with Crippen LogP contribution >= 0.6 is 11.3 Å². The van der Waals surface area contributed by atoms with Gasteiger partial charge in [-0.1, -0.05) is 13.0 Å². The van der Waals surface area contributed by atoms with Gasteiger partial charge in [0, 0.05) is 23.4 Å². The number of hydrogen-bond acceptors (Lipinski definition) is 3. The second-order valence-corrected chi connectivity index (χ2v) is 6.61. The number of nitrogens with one attached hydrogen (secondary N) is 1. The number of nitrogens with zero attached hydrogens (tertiary/aromatic N) is 1. The fourth-order valence-electron chi connectivity index (χ4n) is 2.67. The van der Waals surface area contributed by atoms with Gasteiger partial charge in [-0.3, -0.25) is 0 Å². The van der Waals surface area contributed by atoms with Crippen LogP contribution in [0.15, 0.2) is 17.5 Å². The zero-order chi connectivity index (χ0) is 15.4. The van der Waals surface area contributed by atoms with Crippen molar-refractivity contribution in [3.63, 3.8) is 0 Å². The minimum Gasteiger partial charge on any atom is -0.310 e. The van der Waals surface area contributed by atoms with Gasteiger partial charge in [-0.2, -0.15) is 0 Å². The van der Waals surface area contributed by atoms with Crippen molar-refractivity contribution in [3.8, 4) is 0 Å². The Labute approximate surface area is 130 Å². The Bertz CT molecular complexity index is 584. The van der Waals surface area contributed by atoms with E-state index >= 15 is 0 Å². The SMILES string of the molecule is CCCNC(Cc1csc(C)n1)c1c(C)cc(C)cc1F. The van der Waals surface area contributed by atoms with Crippen molar-refractivity contribution in [2.45, 2.75) is 46.6 Å². The van der Waals surface area contributed by atoms with Gasteiger partial charge in [0.2, 0.25) is 0 Å². The fraction of sp³-hybridized carbons (Fsp3) is 0.471. The third-order valence-corrected chi connectivity index (χ3v) is 4.37. The molecule has 1 aromatic carbocycles. The minimum atomic E-state index is -0.118. The van der Waals surface area contributed by atoms with Crippen molar-refractivity contribution in [2.24, 2.45) is 0 Å². The summed E-state index contributed by atoms with van der Waals surface area (Å²) >= 11 is 1.64. The molecule has 2 nitrogen and oxygen atoms in total. The van der Waals surface area contributed by atoms with Gasteiger partial charge in [0.25, 0.3) is 0 Å². The van der Waals surface area contributed by atoms with E-state index in [1.165, 1.54) is 0 Å². The van der Waals surface area contributed by atoms with Gasteiger partial charge in [0.05, 0.1) is 10.7 Å². The highest BCUT2D eigenvalue weighted by molar-refractivity contribution is 7.09. The maximum Gasteiger partial charge on any atom is 0.128 e. The van der Waals surface area contributed by atoms with E-state index in [2.05, 4.69) is 22.6 Å². The Hall–Kier alpha value is -1.26. The van der Waals surface area contributed by atoms with E-state index in [4.69, 9.17) is 0 Å². The van der Waals surface area contributed by atoms with Crippen molar-refractivity contribution in [2.75, 3.05) is 6.54 Å². The lowest BCUT2D eigenvalue weighted by Crippen LogP contribution is -2.26. The van der Waals surface area contributed by atoms with Crippen LogP contribution in [0.2, 0.25) is 0 Å². The molecule has 1 unspecified atom stereocenters. The highest BCUT2D eigenvalue weighted by Crippen LogP contribution is 2.26. The van der Waals surface area contributed by atoms with Crippen LogP contribution in [0.1, 0.15) is 46.8 Å². The lowest BCUT2D eigenvalue weighted by atomic mass is 9.95. The molecule has 0 aliphatic heterocycles. The largest absolute Gasteiger partial charge is 0.310 e. The summed E-state index contributed by atoms with van der Waals surface area (Å²) in [4.78, 5) is 4.52. The third-order valence-electron chi connectivity index (χ3n) is 3.55. The van der Waals surface area contributed by atoms with Crippen molar-refractivity contribution in [1.29, 1.82) is 0 Å². The summed E-state index contributed by atoms with van der Waals surface area (Å²) in [7, 11) is 0. The molecule has 21 heavy (non-hydrogen) atoms. The average molecular weight is 306 g/mol. The molecule has 0 amide bonds. The Balaban J connectivity index is 2.31. The topological polar surface area (TPSA) is 24.9 Å². The van der Waals surface area contributed by atoms with Crippen LogP contribution in [0.25, 0.3) is 0 Å². The molecule has 1 atom stereocenters. The smallest absolute Gasteiger partial charge is 0.128 e. The molecule has 0 radical (unpaired) electrons. The van der Waals surface area contributed by atoms with Crippen LogP contribution in [-0.2, 0) is 6.42 Å². The van der Waals surface area contributed by atoms with Gasteiger partial charge in [-0.25, -0.2) is 9.37 Å². The van der Waals surface area contributed by atoms with E-state index in [0.717, 1.165) is 46.8 Å². The monoisotopic (exact) mass is 306 g/mol. The van der Waals surface area contributed by atoms with E-state index in [-0.39, 0.29) is 11.9 Å². The number of thiazole rings is 1. The Morgan fingerprint density at radius 1 is 1.29 bits per heavy atom. The molecule has 1 N–H and O–H groups in total. The zero-order valence-corrected chi connectivity index (χ0v) is 14.0. The van der Waals surface area contributed by atoms with Crippen LogP contribution < -0.4 is 5.32 Å². The summed E-state index contributed by atoms with van der Waals surface area (Å²) < 4.78 is 14.4. The molecule has 0 saturated carbocycles. The number of aryl methyl sites for hydroxylation is 3. The summed E-state index contributed by atoms with van der Waals surface area (Å²) in [5.41, 5.74) is 3.78. The highest BCUT2D eigenvalue weighted by atomic mass is 32.1. The first-order chi connectivity index (χ1) is 10.0. The lowest BCUT2D eigenvalue weighted by Gasteiger charge is -2.21. The standard InChI is InChI=1S/C17H23FN2S/c1-5-6-19-16(9-14-10-21-13(4)20-14)17-12(3)7-11(2)8-15(17)18/h7-8,10,16,19H,5-6,9H2,1-4H3. The molecule has 0 aliphatic rings. The molecule has 4 heteroatoms. The van der Waals surface area contributed by atoms with E-state index in [1.807, 2.05) is 26.8 Å². The molecule has 2 rings (SSSR count). The fourth-order valence-corrected chi connectivity index (χ4v) is 3.30. The lowest BCUT2D eigenvalue weighted by molar-refractivity contribution is 0.491. The summed E-state index contributed by atoms with van der Waals surface area (Å²) in [6.07, 6.45) is 1.75. The van der Waals surface area contributed by atoms with Gasteiger partial charge >= 0.3 is 0 Å². The minimum absolute atomic E-state index is 0.0213. The second-order valence-electron chi connectivity index (χ2n) is 5.55. The van der Waals surface area contributed by atoms with Crippen LogP contribution in [0.4, 0.5) is 4.39 Å². The van der Waals surface area contributed by atoms with Crippen LogP contribution in [0.5, 0.6) is 0 Å². The van der Waals surface area contributed by atoms with Crippen molar-refractivity contribution < 1.29 is 4.39 Å². The molecule has 0 fully saturated rings. The van der Waals surface area contributed by atoms with E-state index < -0.39 is 0 Å². The quantitative estimate of drug-likeness (QED) is 0.850. The van der Waals surface area contributed by atoms with Crippen molar-refractivity contribution in [3.05, 3.63) is 50.7 Å². The predicted octanol–water partition coefficient (Wildman–Crippen LogP) is 4.49. The van der Waals surface area contributed by atoms with Gasteiger partial charge in [0.1, 0.15) is 5.82 Å². The maximum absolute atomic E-state index is 14.4. The molecule has 0 bridgehead atoms. The molecule has 0 aliphatic carbocycles. The maximum atomic E-state index is 14.4. The number of aromatic nitrogens is 1. The van der Waals surface area contributed by atoms with Gasteiger partial charge in [-0.15, -0.1) is 11.3 Å². The van der Waals surface area contributed by atoms with Gasteiger partial charge < -0.3 is 5.32 Å². The summed E-state index contributed by atoms with van der Waals surface area (Å²) in [6.45, 7) is 8.91. The average Bonchev–Trinajstić information content (AvgIpc) is 2.80. The van der Waals surface area contributed by atoms with Crippen molar-refractivity contribution in [1.82, 2.24) is 10.3 Å². The van der Waals surface area contributed by atoms with E-state index in [1.54, 1.807) is 17.4 Å². The Morgan fingerprint density at radius 2 is 2.05 bits per heavy atom. The number of halogens is 1. The molecule has 114 valence electrons. The summed E-state index contributed by atoms with van der Waals surface area (Å²) in [6, 6.07) is 3.65. The van der Waals surface area contributed by atoms with E-state index in [0.29, 0.717) is 0 Å². The zero-order valence-electron chi connectivity index (χ0n) is 13.2. The first-order valence-electron chi connectivity index (χ1n) is 7.42. The number of hydrogen-bond donors (Lipinski definition) is 1. The van der Waals surface area contributed by atoms with E-state index in [9.17, 15) is 4.39 Å². The molecule has 2 aromatic rings. The summed E-state index contributed by atoms with van der Waals surface area (Å²) in [5.74, 6) is -0.118. The van der Waals surface area contributed by atoms with Crippen molar-refractivity contribution >= 4 is 11.3 Å². The highest BCUT2D eigenvalue weighted by Gasteiger charge is 2.19. The first-order valence-corrected chi connectivity index (χ1v) is 8.30. The van der Waals surface area contributed by atoms with Gasteiger partial charge in [-0.05, 0) is 50.9 Å². The van der Waals surface area contributed by atoms with Crippen LogP contribution in [0, 0.1) is 26.6 Å². The third kappa shape index (κ3) is 4.11. The number of benzene rings is 1. The Morgan fingerprint density at radius 3 is 2.62 bits per heavy atom. The molecule has 1 aromatic heterocycles. The van der Waals surface area contributed by atoms with Crippen LogP contribution in [0.3, 0.4) is 0 Å². The first kappa shape index (κ1) is 16.1. The molecule has 0 saturated heterocycles. The predicted molar refractivity (Wildman–Crippen MR) is 87.5 cm³/mol. The second kappa shape index (κ2) is 7.14. The molecular formula is C17H23FN2S. The molecular weight excluding hydrogens is 283 g/mol. The summed E-state index contributed by atoms with van der Waals surface area (Å²) in [5, 5.41) is 6.59.